The van der Waals surface area contributed by atoms with Crippen molar-refractivity contribution < 1.29 is 14.4 Å². The van der Waals surface area contributed by atoms with E-state index in [0.717, 1.165) is 25.0 Å². The van der Waals surface area contributed by atoms with Gasteiger partial charge in [-0.2, -0.15) is 12.6 Å². The molecule has 3 atom stereocenters. The molecule has 0 heterocycles. The second-order valence-corrected chi connectivity index (χ2v) is 6.95. The molecule has 0 aliphatic heterocycles. The van der Waals surface area contributed by atoms with Gasteiger partial charge in [-0.25, -0.2) is 0 Å². The van der Waals surface area contributed by atoms with Crippen LogP contribution in [0, 0.1) is 5.92 Å². The number of nitrogens with zero attached hydrogens (tertiary/aromatic N) is 2. The van der Waals surface area contributed by atoms with Crippen molar-refractivity contribution in [1.82, 2.24) is 15.5 Å². The highest BCUT2D eigenvalue weighted by Gasteiger charge is 2.30. The molecule has 0 saturated heterocycles. The number of likely N-dealkylation sites (N-methyl/N-ethyl adjacent to an activating group) is 2. The molecule has 0 aliphatic rings. The van der Waals surface area contributed by atoms with Crippen LogP contribution in [0.25, 0.3) is 0 Å². The third-order valence-electron chi connectivity index (χ3n) is 4.10. The van der Waals surface area contributed by atoms with Crippen molar-refractivity contribution >= 4 is 45.8 Å². The molecular formula is C17H33N4O3PS. The predicted octanol–water partition coefficient (Wildman–Crippen LogP) is 1.10. The van der Waals surface area contributed by atoms with Gasteiger partial charge in [0.05, 0.1) is 5.92 Å². The summed E-state index contributed by atoms with van der Waals surface area (Å²) in [6.07, 6.45) is 4.48. The van der Waals surface area contributed by atoms with Gasteiger partial charge < -0.3 is 15.5 Å². The van der Waals surface area contributed by atoms with E-state index in [1.54, 1.807) is 21.0 Å². The molecule has 0 bridgehead atoms. The Morgan fingerprint density at radius 2 is 1.92 bits per heavy atom. The smallest absolute Gasteiger partial charge is 0.243 e. The van der Waals surface area contributed by atoms with Gasteiger partial charge in [-0.1, -0.05) is 13.3 Å². The lowest BCUT2D eigenvalue weighted by Gasteiger charge is -2.27. The first kappa shape index (κ1) is 25.0. The van der Waals surface area contributed by atoms with Crippen molar-refractivity contribution in [3.8, 4) is 0 Å². The number of hydrogen-bond donors (Lipinski definition) is 3. The number of carbonyl (C=O) groups is 3. The van der Waals surface area contributed by atoms with Gasteiger partial charge in [0.2, 0.25) is 11.8 Å². The molecule has 2 amide bonds. The van der Waals surface area contributed by atoms with Crippen LogP contribution in [0.5, 0.6) is 0 Å². The average Bonchev–Trinajstić information content (AvgIpc) is 2.62. The molecule has 26 heavy (non-hydrogen) atoms. The minimum absolute atomic E-state index is 0.0257. The molecule has 0 aromatic heterocycles. The van der Waals surface area contributed by atoms with Gasteiger partial charge in [0, 0.05) is 39.2 Å². The summed E-state index contributed by atoms with van der Waals surface area (Å²) in [6.45, 7) is 2.78. The fourth-order valence-electron chi connectivity index (χ4n) is 2.34. The van der Waals surface area contributed by atoms with Crippen LogP contribution in [-0.2, 0) is 14.4 Å². The molecule has 0 aromatic carbocycles. The van der Waals surface area contributed by atoms with Crippen molar-refractivity contribution in [2.24, 2.45) is 10.7 Å². The highest BCUT2D eigenvalue weighted by Crippen LogP contribution is 2.12. The average molecular weight is 405 g/mol. The van der Waals surface area contributed by atoms with E-state index < -0.39 is 12.0 Å². The van der Waals surface area contributed by atoms with Crippen molar-refractivity contribution in [3.05, 3.63) is 0 Å². The molecule has 9 heteroatoms. The highest BCUT2D eigenvalue weighted by molar-refractivity contribution is 7.80. The van der Waals surface area contributed by atoms with Crippen LogP contribution in [0.4, 0.5) is 0 Å². The molecule has 0 radical (unpaired) electrons. The summed E-state index contributed by atoms with van der Waals surface area (Å²) in [7, 11) is 5.56. The molecule has 0 aliphatic carbocycles. The Morgan fingerprint density at radius 3 is 2.50 bits per heavy atom. The Bertz CT molecular complexity index is 477. The molecule has 2 unspecified atom stereocenters. The van der Waals surface area contributed by atoms with E-state index >= 15 is 0 Å². The largest absolute Gasteiger partial charge is 0.353 e. The minimum Gasteiger partial charge on any atom is -0.353 e. The summed E-state index contributed by atoms with van der Waals surface area (Å²) in [6, 6.07) is -0.808. The standard InChI is InChI=1S/C17H33N4O3PS/c1-13(12-20-25)15(22)11-14(17(24)19-9-8-18-2)21(3)16(23)7-5-4-6-10-26/h12-14,18,26H,4-11,25H2,1-3H3,(H,19,24)/t13?,14-/m0/s1. The second-order valence-electron chi connectivity index (χ2n) is 6.21. The molecule has 7 nitrogen and oxygen atoms in total. The zero-order chi connectivity index (χ0) is 19.9. The minimum atomic E-state index is -0.808. The summed E-state index contributed by atoms with van der Waals surface area (Å²) >= 11 is 4.16. The zero-order valence-electron chi connectivity index (χ0n) is 16.0. The van der Waals surface area contributed by atoms with Crippen molar-refractivity contribution in [2.75, 3.05) is 32.9 Å². The van der Waals surface area contributed by atoms with E-state index in [0.29, 0.717) is 19.5 Å². The number of hydrogen-bond acceptors (Lipinski definition) is 6. The third-order valence-corrected chi connectivity index (χ3v) is 4.59. The van der Waals surface area contributed by atoms with Crippen LogP contribution in [0.15, 0.2) is 4.76 Å². The summed E-state index contributed by atoms with van der Waals surface area (Å²) in [5, 5.41) is 5.72. The Balaban J connectivity index is 4.95. The fourth-order valence-corrected chi connectivity index (χ4v) is 2.82. The van der Waals surface area contributed by atoms with Crippen LogP contribution in [0.1, 0.15) is 39.0 Å². The van der Waals surface area contributed by atoms with Gasteiger partial charge in [0.1, 0.15) is 11.8 Å². The number of rotatable bonds is 14. The van der Waals surface area contributed by atoms with Crippen molar-refractivity contribution in [2.45, 2.75) is 45.1 Å². The molecule has 0 rings (SSSR count). The Morgan fingerprint density at radius 1 is 1.23 bits per heavy atom. The SMILES string of the molecule is CNCCNC(=O)[C@H](CC(=O)C(C)C=NP)N(C)C(=O)CCCCCS. The third kappa shape index (κ3) is 10.2. The Hall–Kier alpha value is -0.980. The second kappa shape index (κ2) is 15.1. The molecular weight excluding hydrogens is 371 g/mol. The lowest BCUT2D eigenvalue weighted by atomic mass is 9.99. The normalized spacial score (nSPS) is 13.4. The lowest BCUT2D eigenvalue weighted by Crippen LogP contribution is -2.50. The molecule has 150 valence electrons. The van der Waals surface area contributed by atoms with Gasteiger partial charge >= 0.3 is 0 Å². The van der Waals surface area contributed by atoms with E-state index in [4.69, 9.17) is 0 Å². The van der Waals surface area contributed by atoms with Gasteiger partial charge in [-0.15, -0.1) is 0 Å². The quantitative estimate of drug-likeness (QED) is 0.175. The Kier molecular flexibility index (Phi) is 14.5. The molecule has 0 fully saturated rings. The number of carbonyl (C=O) groups excluding carboxylic acids is 3. The molecule has 0 aromatic rings. The number of Topliss-reactive ketones (excluding diaryl/α,β-unsaturated/α-hetero) is 1. The number of thiol groups is 1. The number of unbranched alkanes of at least 4 members (excludes halogenated alkanes) is 2. The number of nitrogens with one attached hydrogen (secondary N) is 2. The summed E-state index contributed by atoms with van der Waals surface area (Å²) in [4.78, 5) is 38.7. The van der Waals surface area contributed by atoms with Crippen molar-refractivity contribution in [3.63, 3.8) is 0 Å². The summed E-state index contributed by atoms with van der Waals surface area (Å²) < 4.78 is 3.78. The maximum atomic E-state index is 12.5. The van der Waals surface area contributed by atoms with E-state index in [9.17, 15) is 14.4 Å². The molecule has 2 N–H and O–H groups in total. The van der Waals surface area contributed by atoms with E-state index in [2.05, 4.69) is 37.4 Å². The number of amides is 2. The Labute approximate surface area is 164 Å². The topological polar surface area (TPSA) is 90.9 Å². The van der Waals surface area contributed by atoms with E-state index in [1.807, 2.05) is 0 Å². The van der Waals surface area contributed by atoms with Crippen LogP contribution in [-0.4, -0.2) is 67.7 Å². The van der Waals surface area contributed by atoms with Crippen LogP contribution < -0.4 is 10.6 Å². The highest BCUT2D eigenvalue weighted by atomic mass is 32.1. The van der Waals surface area contributed by atoms with E-state index in [1.165, 1.54) is 11.1 Å². The summed E-state index contributed by atoms with van der Waals surface area (Å²) in [5.74, 6) is -0.170. The van der Waals surface area contributed by atoms with Gasteiger partial charge in [0.15, 0.2) is 0 Å². The van der Waals surface area contributed by atoms with Gasteiger partial charge in [-0.3, -0.25) is 19.1 Å². The number of ketones is 1. The van der Waals surface area contributed by atoms with Gasteiger partial charge in [-0.05, 0) is 35.0 Å². The lowest BCUT2D eigenvalue weighted by molar-refractivity contribution is -0.141. The van der Waals surface area contributed by atoms with E-state index in [-0.39, 0.29) is 24.0 Å². The van der Waals surface area contributed by atoms with Crippen molar-refractivity contribution in [1.29, 1.82) is 0 Å². The maximum Gasteiger partial charge on any atom is 0.243 e. The van der Waals surface area contributed by atoms with Crippen LogP contribution >= 0.6 is 22.0 Å². The van der Waals surface area contributed by atoms with Gasteiger partial charge in [0.25, 0.3) is 0 Å². The first-order valence-electron chi connectivity index (χ1n) is 8.93. The first-order chi connectivity index (χ1) is 12.4. The maximum absolute atomic E-state index is 12.5. The fraction of sp³-hybridized carbons (Fsp3) is 0.765. The molecule has 0 saturated carbocycles. The zero-order valence-corrected chi connectivity index (χ0v) is 18.1. The van der Waals surface area contributed by atoms with Crippen LogP contribution in [0.3, 0.4) is 0 Å². The first-order valence-corrected chi connectivity index (χ1v) is 10.1. The monoisotopic (exact) mass is 404 g/mol. The summed E-state index contributed by atoms with van der Waals surface area (Å²) in [5.41, 5.74) is 0. The van der Waals surface area contributed by atoms with Crippen LogP contribution in [0.2, 0.25) is 0 Å². The molecule has 0 spiro atoms. The predicted molar refractivity (Wildman–Crippen MR) is 113 cm³/mol.